The summed E-state index contributed by atoms with van der Waals surface area (Å²) in [5.74, 6) is -0.734. The fourth-order valence-electron chi connectivity index (χ4n) is 2.72. The molecule has 1 saturated heterocycles. The van der Waals surface area contributed by atoms with E-state index in [9.17, 15) is 17.6 Å². The minimum absolute atomic E-state index is 0.0542. The van der Waals surface area contributed by atoms with Crippen molar-refractivity contribution >= 4 is 26.6 Å². The molecule has 122 valence electrons. The monoisotopic (exact) mass is 336 g/mol. The Labute approximate surface area is 134 Å². The third kappa shape index (κ3) is 2.81. The highest BCUT2D eigenvalue weighted by Crippen LogP contribution is 2.25. The van der Waals surface area contributed by atoms with Gasteiger partial charge in [0.25, 0.3) is 5.91 Å². The number of rotatable bonds is 1. The van der Waals surface area contributed by atoms with Gasteiger partial charge >= 0.3 is 0 Å². The van der Waals surface area contributed by atoms with Gasteiger partial charge in [-0.05, 0) is 38.1 Å². The average molecular weight is 336 g/mol. The number of nitrogens with zero attached hydrogens (tertiary/aromatic N) is 2. The van der Waals surface area contributed by atoms with Gasteiger partial charge in [0, 0.05) is 24.7 Å². The fraction of sp³-hybridized carbons (Fsp3) is 0.375. The lowest BCUT2D eigenvalue weighted by molar-refractivity contribution is 0.0743. The van der Waals surface area contributed by atoms with Crippen molar-refractivity contribution in [2.24, 2.45) is 0 Å². The molecule has 0 radical (unpaired) electrons. The number of hydrogen-bond donors (Lipinski definition) is 0. The predicted octanol–water partition coefficient (Wildman–Crippen LogP) is 2.02. The van der Waals surface area contributed by atoms with Crippen molar-refractivity contribution in [2.45, 2.75) is 18.6 Å². The first-order valence-corrected chi connectivity index (χ1v) is 8.92. The van der Waals surface area contributed by atoms with Gasteiger partial charge in [-0.3, -0.25) is 9.78 Å². The van der Waals surface area contributed by atoms with Crippen LogP contribution < -0.4 is 0 Å². The molecule has 1 aliphatic rings. The molecular weight excluding hydrogens is 319 g/mol. The summed E-state index contributed by atoms with van der Waals surface area (Å²) in [7, 11) is -3.21. The van der Waals surface area contributed by atoms with Crippen molar-refractivity contribution < 1.29 is 17.6 Å². The summed E-state index contributed by atoms with van der Waals surface area (Å²) >= 11 is 0. The van der Waals surface area contributed by atoms with Gasteiger partial charge in [-0.25, -0.2) is 12.8 Å². The van der Waals surface area contributed by atoms with E-state index in [0.717, 1.165) is 0 Å². The van der Waals surface area contributed by atoms with Gasteiger partial charge in [-0.2, -0.15) is 0 Å². The van der Waals surface area contributed by atoms with E-state index in [1.807, 2.05) is 0 Å². The Bertz CT molecular complexity index is 893. The number of sulfone groups is 1. The van der Waals surface area contributed by atoms with Crippen LogP contribution in [0.25, 0.3) is 10.9 Å². The van der Waals surface area contributed by atoms with Crippen LogP contribution >= 0.6 is 0 Å². The second-order valence-electron chi connectivity index (χ2n) is 6.37. The van der Waals surface area contributed by atoms with Crippen molar-refractivity contribution in [3.05, 3.63) is 41.8 Å². The van der Waals surface area contributed by atoms with Crippen molar-refractivity contribution in [2.75, 3.05) is 18.8 Å². The first-order valence-electron chi connectivity index (χ1n) is 7.26. The Balaban J connectivity index is 1.92. The largest absolute Gasteiger partial charge is 0.336 e. The lowest BCUT2D eigenvalue weighted by Gasteiger charge is -2.37. The summed E-state index contributed by atoms with van der Waals surface area (Å²) in [6.07, 6.45) is 1.44. The van der Waals surface area contributed by atoms with Crippen molar-refractivity contribution in [3.63, 3.8) is 0 Å². The third-order valence-electron chi connectivity index (χ3n) is 4.22. The molecule has 2 heterocycles. The molecule has 1 aromatic heterocycles. The molecular formula is C16H17FN2O3S. The molecule has 1 fully saturated rings. The molecule has 1 aliphatic heterocycles. The Morgan fingerprint density at radius 1 is 1.30 bits per heavy atom. The topological polar surface area (TPSA) is 67.3 Å². The quantitative estimate of drug-likeness (QED) is 0.799. The maximum absolute atomic E-state index is 13.3. The van der Waals surface area contributed by atoms with Crippen molar-refractivity contribution in [1.82, 2.24) is 9.88 Å². The van der Waals surface area contributed by atoms with E-state index in [4.69, 9.17) is 0 Å². The van der Waals surface area contributed by atoms with E-state index in [1.54, 1.807) is 26.0 Å². The third-order valence-corrected chi connectivity index (χ3v) is 6.75. The van der Waals surface area contributed by atoms with Gasteiger partial charge < -0.3 is 4.90 Å². The van der Waals surface area contributed by atoms with Crippen LogP contribution in [0.1, 0.15) is 24.2 Å². The number of halogens is 1. The molecule has 0 atom stereocenters. The maximum Gasteiger partial charge on any atom is 0.255 e. The highest BCUT2D eigenvalue weighted by Gasteiger charge is 2.41. The Morgan fingerprint density at radius 3 is 2.74 bits per heavy atom. The molecule has 0 unspecified atom stereocenters. The number of carbonyl (C=O) groups excluding carboxylic acids is 1. The first kappa shape index (κ1) is 15.9. The molecule has 1 amide bonds. The minimum Gasteiger partial charge on any atom is -0.336 e. The summed E-state index contributed by atoms with van der Waals surface area (Å²) in [6.45, 7) is 3.53. The zero-order valence-electron chi connectivity index (χ0n) is 12.9. The standard InChI is InChI=1S/C16H17FN2O3S/c1-16(2)10-19(5-6-23(16,21)22)15(20)12-7-11-8-13(17)3-4-14(11)18-9-12/h3-4,7-9H,5-6,10H2,1-2H3. The maximum atomic E-state index is 13.3. The molecule has 2 aromatic rings. The van der Waals surface area contributed by atoms with Crippen LogP contribution in [0.3, 0.4) is 0 Å². The highest BCUT2D eigenvalue weighted by molar-refractivity contribution is 7.92. The minimum atomic E-state index is -3.21. The summed E-state index contributed by atoms with van der Waals surface area (Å²) in [6, 6.07) is 5.78. The summed E-state index contributed by atoms with van der Waals surface area (Å²) in [5, 5.41) is 0.541. The number of carbonyl (C=O) groups is 1. The Morgan fingerprint density at radius 2 is 2.04 bits per heavy atom. The number of aromatic nitrogens is 1. The van der Waals surface area contributed by atoms with Crippen LogP contribution in [-0.4, -0.2) is 47.8 Å². The Kier molecular flexibility index (Phi) is 3.63. The first-order chi connectivity index (χ1) is 10.7. The number of fused-ring (bicyclic) bond motifs is 1. The van der Waals surface area contributed by atoms with E-state index >= 15 is 0 Å². The summed E-state index contributed by atoms with van der Waals surface area (Å²) < 4.78 is 36.4. The van der Waals surface area contributed by atoms with Gasteiger partial charge in [0.1, 0.15) is 5.82 Å². The summed E-state index contributed by atoms with van der Waals surface area (Å²) in [4.78, 5) is 18.3. The van der Waals surface area contributed by atoms with Crippen LogP contribution in [0.2, 0.25) is 0 Å². The van der Waals surface area contributed by atoms with Gasteiger partial charge in [0.15, 0.2) is 9.84 Å². The lowest BCUT2D eigenvalue weighted by atomic mass is 10.1. The van der Waals surface area contributed by atoms with Crippen LogP contribution in [0.15, 0.2) is 30.5 Å². The number of pyridine rings is 1. The second-order valence-corrected chi connectivity index (χ2v) is 9.11. The van der Waals surface area contributed by atoms with E-state index < -0.39 is 20.4 Å². The van der Waals surface area contributed by atoms with Crippen LogP contribution in [0, 0.1) is 5.82 Å². The second kappa shape index (κ2) is 5.26. The van der Waals surface area contributed by atoms with E-state index in [0.29, 0.717) is 16.5 Å². The van der Waals surface area contributed by atoms with Gasteiger partial charge in [-0.15, -0.1) is 0 Å². The number of hydrogen-bond acceptors (Lipinski definition) is 4. The molecule has 0 N–H and O–H groups in total. The predicted molar refractivity (Wildman–Crippen MR) is 85.5 cm³/mol. The molecule has 0 bridgehead atoms. The average Bonchev–Trinajstić information content (AvgIpc) is 2.48. The molecule has 23 heavy (non-hydrogen) atoms. The molecule has 7 heteroatoms. The van der Waals surface area contributed by atoms with Crippen LogP contribution in [0.4, 0.5) is 4.39 Å². The van der Waals surface area contributed by atoms with E-state index in [2.05, 4.69) is 4.98 Å². The molecule has 0 spiro atoms. The van der Waals surface area contributed by atoms with Crippen molar-refractivity contribution in [1.29, 1.82) is 0 Å². The highest BCUT2D eigenvalue weighted by atomic mass is 32.2. The van der Waals surface area contributed by atoms with Gasteiger partial charge in [0.2, 0.25) is 0 Å². The molecule has 5 nitrogen and oxygen atoms in total. The lowest BCUT2D eigenvalue weighted by Crippen LogP contribution is -2.54. The molecule has 0 saturated carbocycles. The molecule has 1 aromatic carbocycles. The van der Waals surface area contributed by atoms with E-state index in [1.165, 1.54) is 23.2 Å². The van der Waals surface area contributed by atoms with Crippen LogP contribution in [-0.2, 0) is 9.84 Å². The zero-order valence-corrected chi connectivity index (χ0v) is 13.7. The van der Waals surface area contributed by atoms with Gasteiger partial charge in [0.05, 0.1) is 21.6 Å². The molecule has 3 rings (SSSR count). The summed E-state index contributed by atoms with van der Waals surface area (Å²) in [5.41, 5.74) is 0.933. The Hall–Kier alpha value is -2.02. The normalized spacial score (nSPS) is 19.7. The zero-order chi connectivity index (χ0) is 16.8. The fourth-order valence-corrected chi connectivity index (χ4v) is 4.08. The number of benzene rings is 1. The van der Waals surface area contributed by atoms with Crippen molar-refractivity contribution in [3.8, 4) is 0 Å². The SMILES string of the molecule is CC1(C)CN(C(=O)c2cnc3ccc(F)cc3c2)CCS1(=O)=O. The smallest absolute Gasteiger partial charge is 0.255 e. The molecule has 0 aliphatic carbocycles. The van der Waals surface area contributed by atoms with E-state index in [-0.39, 0.29) is 24.7 Å². The van der Waals surface area contributed by atoms with Gasteiger partial charge in [-0.1, -0.05) is 0 Å². The number of amides is 1. The van der Waals surface area contributed by atoms with Crippen LogP contribution in [0.5, 0.6) is 0 Å².